The fourth-order valence-corrected chi connectivity index (χ4v) is 3.10. The van der Waals surface area contributed by atoms with Crippen molar-refractivity contribution < 1.29 is 0 Å². The van der Waals surface area contributed by atoms with E-state index >= 15 is 0 Å². The summed E-state index contributed by atoms with van der Waals surface area (Å²) in [6, 6.07) is 8.61. The summed E-state index contributed by atoms with van der Waals surface area (Å²) in [6.07, 6.45) is 8.98. The molecule has 1 saturated carbocycles. The molecule has 16 heavy (non-hydrogen) atoms. The van der Waals surface area contributed by atoms with Crippen LogP contribution in [-0.2, 0) is 6.42 Å². The van der Waals surface area contributed by atoms with Crippen LogP contribution in [0.15, 0.2) is 40.4 Å². The summed E-state index contributed by atoms with van der Waals surface area (Å²) in [6.45, 7) is 2.19. The molecule has 0 saturated heterocycles. The molecule has 1 atom stereocenters. The van der Waals surface area contributed by atoms with E-state index in [1.807, 2.05) is 0 Å². The van der Waals surface area contributed by atoms with E-state index in [0.29, 0.717) is 0 Å². The van der Waals surface area contributed by atoms with Gasteiger partial charge in [-0.25, -0.2) is 0 Å². The minimum Gasteiger partial charge on any atom is -0.0882 e. The SMILES string of the molecule is C/C=C1\CCCCC1Cc1ccccc1Br. The van der Waals surface area contributed by atoms with Crippen LogP contribution in [0, 0.1) is 5.92 Å². The molecular formula is C15H19Br. The van der Waals surface area contributed by atoms with E-state index in [1.54, 1.807) is 5.57 Å². The average molecular weight is 279 g/mol. The molecule has 0 radical (unpaired) electrons. The fourth-order valence-electron chi connectivity index (χ4n) is 2.65. The van der Waals surface area contributed by atoms with Crippen molar-refractivity contribution in [3.8, 4) is 0 Å². The molecule has 2 rings (SSSR count). The molecule has 0 N–H and O–H groups in total. The maximum Gasteiger partial charge on any atom is 0.0207 e. The predicted octanol–water partition coefficient (Wildman–Crippen LogP) is 5.13. The van der Waals surface area contributed by atoms with Gasteiger partial charge in [-0.15, -0.1) is 0 Å². The highest BCUT2D eigenvalue weighted by molar-refractivity contribution is 9.10. The van der Waals surface area contributed by atoms with Gasteiger partial charge in [0.1, 0.15) is 0 Å². The largest absolute Gasteiger partial charge is 0.0882 e. The lowest BCUT2D eigenvalue weighted by molar-refractivity contribution is 0.450. The Morgan fingerprint density at radius 1 is 1.31 bits per heavy atom. The van der Waals surface area contributed by atoms with E-state index < -0.39 is 0 Å². The third-order valence-electron chi connectivity index (χ3n) is 3.59. The number of halogens is 1. The maximum atomic E-state index is 3.65. The Bertz CT molecular complexity index is 379. The highest BCUT2D eigenvalue weighted by Gasteiger charge is 2.19. The summed E-state index contributed by atoms with van der Waals surface area (Å²) in [5, 5.41) is 0. The minimum atomic E-state index is 0.775. The molecule has 1 fully saturated rings. The lowest BCUT2D eigenvalue weighted by atomic mass is 9.80. The summed E-state index contributed by atoms with van der Waals surface area (Å²) in [4.78, 5) is 0. The first-order chi connectivity index (χ1) is 7.81. The number of hydrogen-bond acceptors (Lipinski definition) is 0. The number of hydrogen-bond donors (Lipinski definition) is 0. The maximum absolute atomic E-state index is 3.65. The molecular weight excluding hydrogens is 260 g/mol. The first-order valence-electron chi connectivity index (χ1n) is 6.19. The molecule has 0 bridgehead atoms. The first-order valence-corrected chi connectivity index (χ1v) is 6.99. The second kappa shape index (κ2) is 5.67. The monoisotopic (exact) mass is 278 g/mol. The third kappa shape index (κ3) is 2.76. The van der Waals surface area contributed by atoms with Gasteiger partial charge in [0.05, 0.1) is 0 Å². The van der Waals surface area contributed by atoms with Gasteiger partial charge in [0.2, 0.25) is 0 Å². The van der Waals surface area contributed by atoms with Gasteiger partial charge in [-0.05, 0) is 50.2 Å². The quantitative estimate of drug-likeness (QED) is 0.658. The van der Waals surface area contributed by atoms with Crippen molar-refractivity contribution in [2.24, 2.45) is 5.92 Å². The van der Waals surface area contributed by atoms with Gasteiger partial charge in [-0.3, -0.25) is 0 Å². The topological polar surface area (TPSA) is 0 Å². The zero-order chi connectivity index (χ0) is 11.4. The van der Waals surface area contributed by atoms with Gasteiger partial charge in [-0.2, -0.15) is 0 Å². The third-order valence-corrected chi connectivity index (χ3v) is 4.36. The lowest BCUT2D eigenvalue weighted by Gasteiger charge is -2.25. The van der Waals surface area contributed by atoms with E-state index in [0.717, 1.165) is 5.92 Å². The number of benzene rings is 1. The molecule has 0 heterocycles. The number of allylic oxidation sites excluding steroid dienone is 2. The zero-order valence-electron chi connectivity index (χ0n) is 9.88. The van der Waals surface area contributed by atoms with Crippen molar-refractivity contribution in [1.82, 2.24) is 0 Å². The Hall–Kier alpha value is -0.560. The molecule has 0 amide bonds. The summed E-state index contributed by atoms with van der Waals surface area (Å²) in [7, 11) is 0. The minimum absolute atomic E-state index is 0.775. The van der Waals surface area contributed by atoms with Crippen LogP contribution < -0.4 is 0 Å². The highest BCUT2D eigenvalue weighted by Crippen LogP contribution is 2.33. The van der Waals surface area contributed by atoms with E-state index in [-0.39, 0.29) is 0 Å². The van der Waals surface area contributed by atoms with Crippen LogP contribution in [0.5, 0.6) is 0 Å². The van der Waals surface area contributed by atoms with Gasteiger partial charge >= 0.3 is 0 Å². The molecule has 0 spiro atoms. The first kappa shape index (κ1) is 11.9. The van der Waals surface area contributed by atoms with E-state index in [4.69, 9.17) is 0 Å². The summed E-state index contributed by atoms with van der Waals surface area (Å²) in [5.74, 6) is 0.775. The molecule has 1 aromatic carbocycles. The average Bonchev–Trinajstić information content (AvgIpc) is 2.33. The van der Waals surface area contributed by atoms with Crippen molar-refractivity contribution in [3.05, 3.63) is 46.0 Å². The van der Waals surface area contributed by atoms with Gasteiger partial charge < -0.3 is 0 Å². The van der Waals surface area contributed by atoms with Crippen LogP contribution >= 0.6 is 15.9 Å². The van der Waals surface area contributed by atoms with E-state index in [9.17, 15) is 0 Å². The lowest BCUT2D eigenvalue weighted by Crippen LogP contribution is -2.13. The molecule has 0 aromatic heterocycles. The Kier molecular flexibility index (Phi) is 4.22. The Morgan fingerprint density at radius 2 is 2.12 bits per heavy atom. The van der Waals surface area contributed by atoms with Crippen LogP contribution in [0.3, 0.4) is 0 Å². The molecule has 1 aliphatic carbocycles. The second-order valence-corrected chi connectivity index (χ2v) is 5.46. The molecule has 0 nitrogen and oxygen atoms in total. The molecule has 86 valence electrons. The van der Waals surface area contributed by atoms with Crippen LogP contribution in [0.4, 0.5) is 0 Å². The van der Waals surface area contributed by atoms with Crippen LogP contribution in [-0.4, -0.2) is 0 Å². The Morgan fingerprint density at radius 3 is 2.88 bits per heavy atom. The normalized spacial score (nSPS) is 23.6. The Balaban J connectivity index is 2.11. The van der Waals surface area contributed by atoms with Crippen molar-refractivity contribution in [2.45, 2.75) is 39.0 Å². The molecule has 1 unspecified atom stereocenters. The summed E-state index contributed by atoms with van der Waals surface area (Å²) < 4.78 is 1.26. The van der Waals surface area contributed by atoms with Gasteiger partial charge in [-0.1, -0.05) is 52.2 Å². The molecule has 1 aromatic rings. The highest BCUT2D eigenvalue weighted by atomic mass is 79.9. The van der Waals surface area contributed by atoms with Crippen molar-refractivity contribution in [1.29, 1.82) is 0 Å². The van der Waals surface area contributed by atoms with Crippen molar-refractivity contribution in [2.75, 3.05) is 0 Å². The fraction of sp³-hybridized carbons (Fsp3) is 0.467. The summed E-state index contributed by atoms with van der Waals surface area (Å²) in [5.41, 5.74) is 3.12. The van der Waals surface area contributed by atoms with Gasteiger partial charge in [0.15, 0.2) is 0 Å². The standard InChI is InChI=1S/C15H19Br/c1-2-12-7-3-4-8-13(12)11-14-9-5-6-10-15(14)16/h2,5-6,9-10,13H,3-4,7-8,11H2,1H3/b12-2+. The summed E-state index contributed by atoms with van der Waals surface area (Å²) >= 11 is 3.65. The van der Waals surface area contributed by atoms with Crippen LogP contribution in [0.2, 0.25) is 0 Å². The molecule has 0 aliphatic heterocycles. The smallest absolute Gasteiger partial charge is 0.0207 e. The predicted molar refractivity (Wildman–Crippen MR) is 73.6 cm³/mol. The van der Waals surface area contributed by atoms with E-state index in [2.05, 4.69) is 53.2 Å². The van der Waals surface area contributed by atoms with Crippen LogP contribution in [0.1, 0.15) is 38.2 Å². The van der Waals surface area contributed by atoms with Gasteiger partial charge in [0.25, 0.3) is 0 Å². The molecule has 1 aliphatic rings. The van der Waals surface area contributed by atoms with Gasteiger partial charge in [0, 0.05) is 4.47 Å². The number of rotatable bonds is 2. The van der Waals surface area contributed by atoms with Crippen molar-refractivity contribution in [3.63, 3.8) is 0 Å². The van der Waals surface area contributed by atoms with Crippen LogP contribution in [0.25, 0.3) is 0 Å². The second-order valence-electron chi connectivity index (χ2n) is 4.60. The zero-order valence-corrected chi connectivity index (χ0v) is 11.5. The molecule has 1 heteroatoms. The Labute approximate surface area is 107 Å². The van der Waals surface area contributed by atoms with Crippen molar-refractivity contribution >= 4 is 15.9 Å². The van der Waals surface area contributed by atoms with E-state index in [1.165, 1.54) is 42.1 Å².